The first kappa shape index (κ1) is 23.4. The van der Waals surface area contributed by atoms with Crippen molar-refractivity contribution >= 4 is 29.1 Å². The quantitative estimate of drug-likeness (QED) is 0.679. The minimum absolute atomic E-state index is 0.0109. The Labute approximate surface area is 173 Å². The fraction of sp³-hybridized carbons (Fsp3) is 0.304. The van der Waals surface area contributed by atoms with Gasteiger partial charge in [0.2, 0.25) is 11.8 Å². The van der Waals surface area contributed by atoms with Crippen molar-refractivity contribution in [3.05, 3.63) is 77.8 Å². The summed E-state index contributed by atoms with van der Waals surface area (Å²) in [6.07, 6.45) is 3.96. The molecule has 1 fully saturated rings. The number of nitrogens with one attached hydrogen (secondary N) is 2. The minimum Gasteiger partial charge on any atom is -0.355 e. The van der Waals surface area contributed by atoms with Crippen LogP contribution in [0.3, 0.4) is 0 Å². The Morgan fingerprint density at radius 3 is 2.39 bits per heavy atom. The molecule has 2 aromatic rings. The number of piperidine rings is 1. The molecule has 0 aromatic heterocycles. The number of allylic oxidation sites excluding steroid dienone is 1. The predicted octanol–water partition coefficient (Wildman–Crippen LogP) is 5.38. The summed E-state index contributed by atoms with van der Waals surface area (Å²) in [7, 11) is 0. The highest BCUT2D eigenvalue weighted by atomic mass is 35.5. The first-order valence-electron chi connectivity index (χ1n) is 9.42. The molecule has 3 rings (SSSR count). The van der Waals surface area contributed by atoms with Crippen molar-refractivity contribution in [3.8, 4) is 0 Å². The van der Waals surface area contributed by atoms with Crippen LogP contribution in [0, 0.1) is 12.8 Å². The maximum atomic E-state index is 11.9. The number of anilines is 1. The van der Waals surface area contributed by atoms with Crippen LogP contribution >= 0.6 is 11.6 Å². The highest BCUT2D eigenvalue weighted by Gasteiger charge is 2.24. The number of hydrogen-bond acceptors (Lipinski definition) is 2. The van der Waals surface area contributed by atoms with Crippen LogP contribution in [0.25, 0.3) is 0 Å². The third kappa shape index (κ3) is 9.93. The van der Waals surface area contributed by atoms with E-state index in [4.69, 9.17) is 11.6 Å². The average Bonchev–Trinajstić information content (AvgIpc) is 2.70. The molecule has 0 saturated carbocycles. The molecule has 2 amide bonds. The van der Waals surface area contributed by atoms with Gasteiger partial charge in [0, 0.05) is 23.7 Å². The molecule has 1 atom stereocenters. The molecule has 4 nitrogen and oxygen atoms in total. The molecule has 2 aromatic carbocycles. The Hall–Kier alpha value is -2.59. The summed E-state index contributed by atoms with van der Waals surface area (Å²) in [5, 5.41) is 6.06. The van der Waals surface area contributed by atoms with Crippen molar-refractivity contribution in [3.63, 3.8) is 0 Å². The number of aryl methyl sites for hydroxylation is 1. The molecule has 0 aliphatic carbocycles. The molecule has 0 radical (unpaired) electrons. The van der Waals surface area contributed by atoms with E-state index in [1.54, 1.807) is 24.3 Å². The molecule has 1 heterocycles. The van der Waals surface area contributed by atoms with Crippen LogP contribution in [-0.4, -0.2) is 18.4 Å². The van der Waals surface area contributed by atoms with Gasteiger partial charge >= 0.3 is 0 Å². The Bertz CT molecular complexity index is 737. The molecular weight excluding hydrogens is 372 g/mol. The van der Waals surface area contributed by atoms with Crippen LogP contribution in [0.1, 0.15) is 31.7 Å². The van der Waals surface area contributed by atoms with Crippen LogP contribution in [0.15, 0.2) is 67.3 Å². The normalized spacial score (nSPS) is 15.0. The van der Waals surface area contributed by atoms with E-state index in [2.05, 4.69) is 43.2 Å². The van der Waals surface area contributed by atoms with Gasteiger partial charge in [0.25, 0.3) is 0 Å². The van der Waals surface area contributed by atoms with Gasteiger partial charge < -0.3 is 10.6 Å². The summed E-state index contributed by atoms with van der Waals surface area (Å²) < 4.78 is 0. The van der Waals surface area contributed by atoms with Crippen molar-refractivity contribution in [2.75, 3.05) is 11.9 Å². The number of benzene rings is 2. The summed E-state index contributed by atoms with van der Waals surface area (Å²) in [6.45, 7) is 8.03. The summed E-state index contributed by atoms with van der Waals surface area (Å²) in [5.41, 5.74) is 2.00. The average molecular weight is 401 g/mol. The number of carbonyl (C=O) groups excluding carboxylic acids is 2. The van der Waals surface area contributed by atoms with E-state index in [9.17, 15) is 9.59 Å². The molecular formula is C23H29ClN2O2. The third-order valence-electron chi connectivity index (χ3n) is 3.96. The molecule has 1 aliphatic heterocycles. The fourth-order valence-electron chi connectivity index (χ4n) is 2.30. The molecule has 5 heteroatoms. The van der Waals surface area contributed by atoms with Gasteiger partial charge in [0.1, 0.15) is 0 Å². The first-order chi connectivity index (χ1) is 13.5. The second-order valence-electron chi connectivity index (χ2n) is 6.39. The molecule has 1 aliphatic rings. The largest absolute Gasteiger partial charge is 0.355 e. The SMILES string of the molecule is C=CCC.Cc1ccccc1.O=C1CCC(C(=O)Nc2cccc(Cl)c2)CN1. The zero-order valence-corrected chi connectivity index (χ0v) is 17.3. The van der Waals surface area contributed by atoms with Crippen molar-refractivity contribution in [2.45, 2.75) is 33.1 Å². The molecule has 2 N–H and O–H groups in total. The van der Waals surface area contributed by atoms with Crippen LogP contribution in [0.5, 0.6) is 0 Å². The Balaban J connectivity index is 0.000000293. The van der Waals surface area contributed by atoms with Gasteiger partial charge in [-0.25, -0.2) is 0 Å². The highest BCUT2D eigenvalue weighted by molar-refractivity contribution is 6.30. The lowest BCUT2D eigenvalue weighted by atomic mass is 9.98. The predicted molar refractivity (Wildman–Crippen MR) is 117 cm³/mol. The standard InChI is InChI=1S/C12H13ClN2O2.C7H8.C4H8/c13-9-2-1-3-10(6-9)15-12(17)8-4-5-11(16)14-7-8;1-7-5-3-2-4-6-7;1-3-4-2/h1-3,6,8H,4-5,7H2,(H,14,16)(H,15,17);2-6H,1H3;3H,1,4H2,2H3. The van der Waals surface area contributed by atoms with E-state index >= 15 is 0 Å². The van der Waals surface area contributed by atoms with Crippen molar-refractivity contribution < 1.29 is 9.59 Å². The van der Waals surface area contributed by atoms with Gasteiger partial charge in [-0.2, -0.15) is 0 Å². The Morgan fingerprint density at radius 2 is 1.93 bits per heavy atom. The van der Waals surface area contributed by atoms with Crippen molar-refractivity contribution in [2.24, 2.45) is 5.92 Å². The van der Waals surface area contributed by atoms with Gasteiger partial charge in [0.05, 0.1) is 5.92 Å². The molecule has 1 saturated heterocycles. The van der Waals surface area contributed by atoms with Gasteiger partial charge in [-0.05, 0) is 38.0 Å². The fourth-order valence-corrected chi connectivity index (χ4v) is 2.49. The number of amides is 2. The van der Waals surface area contributed by atoms with Gasteiger partial charge in [-0.15, -0.1) is 6.58 Å². The lowest BCUT2D eigenvalue weighted by Gasteiger charge is -2.21. The van der Waals surface area contributed by atoms with E-state index in [1.165, 1.54) is 5.56 Å². The summed E-state index contributed by atoms with van der Waals surface area (Å²) in [4.78, 5) is 22.9. The minimum atomic E-state index is -0.160. The lowest BCUT2D eigenvalue weighted by molar-refractivity contribution is -0.126. The van der Waals surface area contributed by atoms with E-state index < -0.39 is 0 Å². The molecule has 0 bridgehead atoms. The Morgan fingerprint density at radius 1 is 1.25 bits per heavy atom. The van der Waals surface area contributed by atoms with Gasteiger partial charge in [-0.3, -0.25) is 9.59 Å². The molecule has 150 valence electrons. The maximum Gasteiger partial charge on any atom is 0.229 e. The van der Waals surface area contributed by atoms with Crippen LogP contribution in [-0.2, 0) is 9.59 Å². The highest BCUT2D eigenvalue weighted by Crippen LogP contribution is 2.18. The van der Waals surface area contributed by atoms with Crippen LogP contribution < -0.4 is 10.6 Å². The zero-order chi connectivity index (χ0) is 20.8. The summed E-state index contributed by atoms with van der Waals surface area (Å²) >= 11 is 5.82. The number of hydrogen-bond donors (Lipinski definition) is 2. The summed E-state index contributed by atoms with van der Waals surface area (Å²) in [6, 6.07) is 17.3. The van der Waals surface area contributed by atoms with Crippen LogP contribution in [0.4, 0.5) is 5.69 Å². The smallest absolute Gasteiger partial charge is 0.229 e. The topological polar surface area (TPSA) is 58.2 Å². The van der Waals surface area contributed by atoms with Crippen molar-refractivity contribution in [1.82, 2.24) is 5.32 Å². The summed E-state index contributed by atoms with van der Waals surface area (Å²) in [5.74, 6) is -0.226. The van der Waals surface area contributed by atoms with E-state index in [-0.39, 0.29) is 17.7 Å². The van der Waals surface area contributed by atoms with E-state index in [0.717, 1.165) is 6.42 Å². The van der Waals surface area contributed by atoms with Gasteiger partial charge in [-0.1, -0.05) is 66.6 Å². The number of carbonyl (C=O) groups is 2. The second-order valence-corrected chi connectivity index (χ2v) is 6.83. The van der Waals surface area contributed by atoms with Crippen molar-refractivity contribution in [1.29, 1.82) is 0 Å². The van der Waals surface area contributed by atoms with E-state index in [1.807, 2.05) is 24.3 Å². The first-order valence-corrected chi connectivity index (χ1v) is 9.79. The molecule has 1 unspecified atom stereocenters. The van der Waals surface area contributed by atoms with Gasteiger partial charge in [0.15, 0.2) is 0 Å². The zero-order valence-electron chi connectivity index (χ0n) is 16.6. The second kappa shape index (κ2) is 13.6. The number of rotatable bonds is 3. The van der Waals surface area contributed by atoms with E-state index in [0.29, 0.717) is 30.1 Å². The maximum absolute atomic E-state index is 11.9. The third-order valence-corrected chi connectivity index (χ3v) is 4.19. The Kier molecular flexibility index (Phi) is 11.4. The van der Waals surface area contributed by atoms with Crippen LogP contribution in [0.2, 0.25) is 5.02 Å². The number of halogens is 1. The molecule has 28 heavy (non-hydrogen) atoms. The molecule has 0 spiro atoms. The monoisotopic (exact) mass is 400 g/mol. The lowest BCUT2D eigenvalue weighted by Crippen LogP contribution is -2.40.